The van der Waals surface area contributed by atoms with Gasteiger partial charge in [0, 0.05) is 29.6 Å². The van der Waals surface area contributed by atoms with Gasteiger partial charge in [-0.3, -0.25) is 19.5 Å². The summed E-state index contributed by atoms with van der Waals surface area (Å²) in [5.74, 6) is 0.502. The first kappa shape index (κ1) is 21.7. The molecular weight excluding hydrogens is 463 g/mol. The predicted octanol–water partition coefficient (Wildman–Crippen LogP) is 4.92. The smallest absolute Gasteiger partial charge is 0.271 e. The Morgan fingerprint density at radius 3 is 2.68 bits per heavy atom. The number of ether oxygens (including phenoxy) is 2. The molecule has 0 fully saturated rings. The number of benzene rings is 3. The van der Waals surface area contributed by atoms with Crippen LogP contribution in [-0.2, 0) is 4.79 Å². The van der Waals surface area contributed by atoms with E-state index in [-0.39, 0.29) is 18.4 Å². The maximum Gasteiger partial charge on any atom is 0.271 e. The molecule has 5 rings (SSSR count). The Balaban J connectivity index is 1.45. The van der Waals surface area contributed by atoms with Crippen molar-refractivity contribution in [2.24, 2.45) is 0 Å². The van der Waals surface area contributed by atoms with Gasteiger partial charge in [-0.1, -0.05) is 11.8 Å². The fourth-order valence-corrected chi connectivity index (χ4v) is 4.45. The van der Waals surface area contributed by atoms with Crippen molar-refractivity contribution in [3.05, 3.63) is 76.6 Å². The van der Waals surface area contributed by atoms with Crippen molar-refractivity contribution in [3.8, 4) is 17.2 Å². The van der Waals surface area contributed by atoms with Crippen LogP contribution in [0.15, 0.2) is 65.8 Å². The Bertz CT molecular complexity index is 1420. The fraction of sp³-hybridized carbons (Fsp3) is 0.130. The van der Waals surface area contributed by atoms with Gasteiger partial charge in [-0.25, -0.2) is 9.37 Å². The van der Waals surface area contributed by atoms with Crippen LogP contribution in [0, 0.1) is 15.9 Å². The van der Waals surface area contributed by atoms with E-state index in [2.05, 4.69) is 10.3 Å². The number of carbonyl (C=O) groups is 1. The molecule has 9 nitrogen and oxygen atoms in total. The van der Waals surface area contributed by atoms with E-state index >= 15 is 0 Å². The molecule has 11 heteroatoms. The first-order chi connectivity index (χ1) is 16.4. The zero-order valence-corrected chi connectivity index (χ0v) is 18.5. The Morgan fingerprint density at radius 2 is 1.91 bits per heavy atom. The summed E-state index contributed by atoms with van der Waals surface area (Å²) in [5.41, 5.74) is 2.07. The van der Waals surface area contributed by atoms with Crippen molar-refractivity contribution in [3.63, 3.8) is 0 Å². The van der Waals surface area contributed by atoms with E-state index < -0.39 is 16.0 Å². The summed E-state index contributed by atoms with van der Waals surface area (Å²) in [7, 11) is 0. The molecule has 0 saturated heterocycles. The highest BCUT2D eigenvalue weighted by molar-refractivity contribution is 8.00. The van der Waals surface area contributed by atoms with Crippen molar-refractivity contribution in [2.75, 3.05) is 12.1 Å². The lowest BCUT2D eigenvalue weighted by molar-refractivity contribution is -0.384. The number of nitro groups is 1. The number of hydrogen-bond donors (Lipinski definition) is 1. The molecular formula is C23H17FN4O5S. The molecule has 1 aromatic heterocycles. The third kappa shape index (κ3) is 4.13. The van der Waals surface area contributed by atoms with E-state index in [9.17, 15) is 19.3 Å². The third-order valence-corrected chi connectivity index (χ3v) is 6.25. The van der Waals surface area contributed by atoms with Gasteiger partial charge in [-0.2, -0.15) is 0 Å². The molecule has 1 aliphatic rings. The number of amides is 1. The standard InChI is InChI=1S/C23H17FN4O5S/c1-13(22(29)25-15-4-9-20-21(10-15)33-12-32-20)34-23-26-18-11-17(28(30)31)7-8-19(18)27(23)16-5-2-14(24)3-6-16/h2-11,13H,12H2,1H3,(H,25,29). The number of anilines is 1. The summed E-state index contributed by atoms with van der Waals surface area (Å²) in [6, 6.07) is 15.3. The number of fused-ring (bicyclic) bond motifs is 2. The number of nitro benzene ring substituents is 1. The number of hydrogen-bond acceptors (Lipinski definition) is 7. The van der Waals surface area contributed by atoms with E-state index in [0.29, 0.717) is 39.1 Å². The second-order valence-corrected chi connectivity index (χ2v) is 8.76. The summed E-state index contributed by atoms with van der Waals surface area (Å²) in [6.45, 7) is 1.86. The minimum atomic E-state index is -0.573. The number of aromatic nitrogens is 2. The monoisotopic (exact) mass is 480 g/mol. The van der Waals surface area contributed by atoms with Crippen LogP contribution in [0.3, 0.4) is 0 Å². The summed E-state index contributed by atoms with van der Waals surface area (Å²) in [6.07, 6.45) is 0. The Hall–Kier alpha value is -4.12. The van der Waals surface area contributed by atoms with E-state index in [1.165, 1.54) is 36.0 Å². The van der Waals surface area contributed by atoms with Gasteiger partial charge < -0.3 is 14.8 Å². The summed E-state index contributed by atoms with van der Waals surface area (Å²) >= 11 is 1.18. The second-order valence-electron chi connectivity index (χ2n) is 7.45. The number of rotatable bonds is 6. The fourth-order valence-electron chi connectivity index (χ4n) is 3.51. The Kier molecular flexibility index (Phi) is 5.54. The van der Waals surface area contributed by atoms with Gasteiger partial charge in [-0.15, -0.1) is 0 Å². The highest BCUT2D eigenvalue weighted by Gasteiger charge is 2.22. The number of nitrogens with one attached hydrogen (secondary N) is 1. The van der Waals surface area contributed by atoms with E-state index in [1.807, 2.05) is 0 Å². The van der Waals surface area contributed by atoms with Gasteiger partial charge in [0.25, 0.3) is 5.69 Å². The molecule has 1 aliphatic heterocycles. The first-order valence-electron chi connectivity index (χ1n) is 10.2. The van der Waals surface area contributed by atoms with Crippen LogP contribution in [0.25, 0.3) is 16.7 Å². The average molecular weight is 480 g/mol. The maximum atomic E-state index is 13.5. The van der Waals surface area contributed by atoms with Crippen LogP contribution in [0.1, 0.15) is 6.92 Å². The number of imidazole rings is 1. The molecule has 4 aromatic rings. The predicted molar refractivity (Wildman–Crippen MR) is 124 cm³/mol. The van der Waals surface area contributed by atoms with Crippen LogP contribution in [-0.4, -0.2) is 32.4 Å². The summed E-state index contributed by atoms with van der Waals surface area (Å²) in [4.78, 5) is 28.1. The summed E-state index contributed by atoms with van der Waals surface area (Å²) < 4.78 is 25.9. The first-order valence-corrected chi connectivity index (χ1v) is 11.1. The number of halogens is 1. The topological polar surface area (TPSA) is 109 Å². The number of non-ortho nitro benzene ring substituents is 1. The van der Waals surface area contributed by atoms with Gasteiger partial charge in [0.05, 0.1) is 21.2 Å². The molecule has 1 amide bonds. The molecule has 34 heavy (non-hydrogen) atoms. The highest BCUT2D eigenvalue weighted by Crippen LogP contribution is 2.35. The van der Waals surface area contributed by atoms with Gasteiger partial charge in [0.2, 0.25) is 12.7 Å². The molecule has 0 bridgehead atoms. The van der Waals surface area contributed by atoms with E-state index in [1.54, 1.807) is 47.9 Å². The molecule has 1 atom stereocenters. The minimum absolute atomic E-state index is 0.0959. The molecule has 2 heterocycles. The number of thioether (sulfide) groups is 1. The third-order valence-electron chi connectivity index (χ3n) is 5.19. The summed E-state index contributed by atoms with van der Waals surface area (Å²) in [5, 5.41) is 13.9. The zero-order chi connectivity index (χ0) is 23.8. The molecule has 0 saturated carbocycles. The van der Waals surface area contributed by atoms with E-state index in [4.69, 9.17) is 9.47 Å². The van der Waals surface area contributed by atoms with Gasteiger partial charge in [-0.05, 0) is 49.4 Å². The zero-order valence-electron chi connectivity index (χ0n) is 17.7. The Morgan fingerprint density at radius 1 is 1.15 bits per heavy atom. The Labute approximate surface area is 196 Å². The highest BCUT2D eigenvalue weighted by atomic mass is 32.2. The van der Waals surface area contributed by atoms with Crippen molar-refractivity contribution in [1.82, 2.24) is 9.55 Å². The minimum Gasteiger partial charge on any atom is -0.454 e. The van der Waals surface area contributed by atoms with Gasteiger partial charge in [0.15, 0.2) is 16.7 Å². The molecule has 0 aliphatic carbocycles. The lowest BCUT2D eigenvalue weighted by Gasteiger charge is -2.14. The number of carbonyl (C=O) groups excluding carboxylic acids is 1. The normalized spacial score (nSPS) is 13.1. The lowest BCUT2D eigenvalue weighted by atomic mass is 10.2. The van der Waals surface area contributed by atoms with Crippen LogP contribution in [0.2, 0.25) is 0 Å². The number of nitrogens with zero attached hydrogens (tertiary/aromatic N) is 3. The molecule has 1 N–H and O–H groups in total. The van der Waals surface area contributed by atoms with Crippen LogP contribution >= 0.6 is 11.8 Å². The van der Waals surface area contributed by atoms with E-state index in [0.717, 1.165) is 0 Å². The second kappa shape index (κ2) is 8.67. The van der Waals surface area contributed by atoms with Gasteiger partial charge in [0.1, 0.15) is 5.82 Å². The SMILES string of the molecule is CC(Sc1nc2cc([N+](=O)[O-])ccc2n1-c1ccc(F)cc1)C(=O)Nc1ccc2c(c1)OCO2. The van der Waals surface area contributed by atoms with Crippen molar-refractivity contribution < 1.29 is 23.6 Å². The van der Waals surface area contributed by atoms with Crippen molar-refractivity contribution in [2.45, 2.75) is 17.3 Å². The average Bonchev–Trinajstić information content (AvgIpc) is 3.42. The quantitative estimate of drug-likeness (QED) is 0.237. The molecule has 3 aromatic carbocycles. The maximum absolute atomic E-state index is 13.5. The lowest BCUT2D eigenvalue weighted by Crippen LogP contribution is -2.22. The van der Waals surface area contributed by atoms with Crippen LogP contribution < -0.4 is 14.8 Å². The van der Waals surface area contributed by atoms with Crippen LogP contribution in [0.4, 0.5) is 15.8 Å². The molecule has 0 spiro atoms. The van der Waals surface area contributed by atoms with Crippen molar-refractivity contribution >= 4 is 40.1 Å². The molecule has 172 valence electrons. The molecule has 0 radical (unpaired) electrons. The molecule has 1 unspecified atom stereocenters. The largest absolute Gasteiger partial charge is 0.454 e. The van der Waals surface area contributed by atoms with Gasteiger partial charge >= 0.3 is 0 Å². The van der Waals surface area contributed by atoms with Crippen molar-refractivity contribution in [1.29, 1.82) is 0 Å². The van der Waals surface area contributed by atoms with Crippen LogP contribution in [0.5, 0.6) is 11.5 Å².